The van der Waals surface area contributed by atoms with Crippen molar-refractivity contribution < 1.29 is 13.9 Å². The molecule has 17 heavy (non-hydrogen) atoms. The maximum absolute atomic E-state index is 13.3. The Kier molecular flexibility index (Phi) is 3.97. The summed E-state index contributed by atoms with van der Waals surface area (Å²) < 4.78 is 18.2. The van der Waals surface area contributed by atoms with Gasteiger partial charge in [-0.25, -0.2) is 4.39 Å². The van der Waals surface area contributed by atoms with Crippen LogP contribution in [0, 0.1) is 5.82 Å². The number of esters is 1. The third kappa shape index (κ3) is 3.98. The van der Waals surface area contributed by atoms with Gasteiger partial charge in [0.25, 0.3) is 0 Å². The zero-order valence-electron chi connectivity index (χ0n) is 9.21. The number of carbonyl (C=O) groups excluding carboxylic acids is 1. The summed E-state index contributed by atoms with van der Waals surface area (Å²) in [6.45, 7) is 0.0877. The van der Waals surface area contributed by atoms with Crippen LogP contribution in [0.3, 0.4) is 0 Å². The maximum Gasteiger partial charge on any atom is 0.320 e. The second kappa shape index (κ2) is 5.47. The molecule has 3 nitrogen and oxygen atoms in total. The highest BCUT2D eigenvalue weighted by molar-refractivity contribution is 6.30. The van der Waals surface area contributed by atoms with Crippen LogP contribution >= 0.6 is 11.6 Å². The summed E-state index contributed by atoms with van der Waals surface area (Å²) in [6.07, 6.45) is 2.21. The van der Waals surface area contributed by atoms with Crippen LogP contribution in [0.15, 0.2) is 18.2 Å². The molecule has 1 aromatic rings. The number of nitrogens with one attached hydrogen (secondary N) is 1. The van der Waals surface area contributed by atoms with Crippen LogP contribution in [-0.2, 0) is 16.1 Å². The van der Waals surface area contributed by atoms with Crippen LogP contribution in [0.25, 0.3) is 0 Å². The second-order valence-corrected chi connectivity index (χ2v) is 4.49. The summed E-state index contributed by atoms with van der Waals surface area (Å²) in [5.41, 5.74) is 0.289. The van der Waals surface area contributed by atoms with Crippen LogP contribution in [0.5, 0.6) is 0 Å². The maximum atomic E-state index is 13.3. The highest BCUT2D eigenvalue weighted by Gasteiger charge is 2.21. The van der Waals surface area contributed by atoms with Gasteiger partial charge < -0.3 is 10.1 Å². The summed E-state index contributed by atoms with van der Waals surface area (Å²) in [6, 6.07) is 4.62. The van der Waals surface area contributed by atoms with E-state index >= 15 is 0 Å². The summed E-state index contributed by atoms with van der Waals surface area (Å²) in [5, 5.41) is 3.45. The average molecular weight is 258 g/mol. The molecule has 1 fully saturated rings. The van der Waals surface area contributed by atoms with Crippen molar-refractivity contribution in [1.29, 1.82) is 0 Å². The zero-order valence-corrected chi connectivity index (χ0v) is 9.97. The predicted octanol–water partition coefficient (Wildman–Crippen LogP) is 2.27. The number of hydrogen-bond donors (Lipinski definition) is 1. The summed E-state index contributed by atoms with van der Waals surface area (Å²) in [5.74, 6) is -0.798. The fourth-order valence-electron chi connectivity index (χ4n) is 1.38. The van der Waals surface area contributed by atoms with E-state index in [1.165, 1.54) is 18.2 Å². The first-order valence-corrected chi connectivity index (χ1v) is 5.86. The third-order valence-electron chi connectivity index (χ3n) is 2.51. The van der Waals surface area contributed by atoms with Gasteiger partial charge in [-0.1, -0.05) is 11.6 Å². The van der Waals surface area contributed by atoms with E-state index in [-0.39, 0.29) is 24.7 Å². The van der Waals surface area contributed by atoms with Gasteiger partial charge in [-0.2, -0.15) is 0 Å². The van der Waals surface area contributed by atoms with Gasteiger partial charge in [0.05, 0.1) is 6.54 Å². The van der Waals surface area contributed by atoms with Crippen LogP contribution in [-0.4, -0.2) is 18.6 Å². The highest BCUT2D eigenvalue weighted by atomic mass is 35.5. The molecule has 0 radical (unpaired) electrons. The van der Waals surface area contributed by atoms with Crippen molar-refractivity contribution in [2.45, 2.75) is 25.5 Å². The molecule has 1 aliphatic carbocycles. The first kappa shape index (κ1) is 12.3. The van der Waals surface area contributed by atoms with Crippen LogP contribution in [0.2, 0.25) is 5.02 Å². The van der Waals surface area contributed by atoms with Crippen LogP contribution < -0.4 is 5.32 Å². The second-order valence-electron chi connectivity index (χ2n) is 4.05. The molecule has 2 rings (SSSR count). The van der Waals surface area contributed by atoms with Crippen molar-refractivity contribution in [1.82, 2.24) is 5.32 Å². The lowest BCUT2D eigenvalue weighted by molar-refractivity contribution is -0.143. The normalized spacial score (nSPS) is 14.7. The lowest BCUT2D eigenvalue weighted by atomic mass is 10.2. The molecule has 5 heteroatoms. The van der Waals surface area contributed by atoms with E-state index in [0.29, 0.717) is 11.1 Å². The monoisotopic (exact) mass is 257 g/mol. The Balaban J connectivity index is 1.79. The van der Waals surface area contributed by atoms with Crippen molar-refractivity contribution in [3.05, 3.63) is 34.6 Å². The smallest absolute Gasteiger partial charge is 0.320 e. The Morgan fingerprint density at radius 2 is 2.29 bits per heavy atom. The first-order valence-electron chi connectivity index (χ1n) is 5.48. The first-order chi connectivity index (χ1) is 8.15. The Labute approximate surface area is 104 Å². The number of benzene rings is 1. The van der Waals surface area contributed by atoms with Gasteiger partial charge in [-0.15, -0.1) is 0 Å². The summed E-state index contributed by atoms with van der Waals surface area (Å²) in [4.78, 5) is 11.3. The zero-order chi connectivity index (χ0) is 12.3. The molecule has 1 aromatic carbocycles. The molecular formula is C12H13ClFNO2. The molecule has 1 saturated carbocycles. The highest BCUT2D eigenvalue weighted by Crippen LogP contribution is 2.18. The van der Waals surface area contributed by atoms with Crippen molar-refractivity contribution in [2.75, 3.05) is 6.54 Å². The lowest BCUT2D eigenvalue weighted by Crippen LogP contribution is -2.26. The molecule has 0 saturated heterocycles. The predicted molar refractivity (Wildman–Crippen MR) is 62.2 cm³/mol. The van der Waals surface area contributed by atoms with E-state index in [1.54, 1.807) is 0 Å². The van der Waals surface area contributed by atoms with Gasteiger partial charge >= 0.3 is 5.97 Å². The van der Waals surface area contributed by atoms with E-state index in [9.17, 15) is 9.18 Å². The molecule has 0 atom stereocenters. The minimum Gasteiger partial charge on any atom is -0.460 e. The van der Waals surface area contributed by atoms with Crippen LogP contribution in [0.4, 0.5) is 4.39 Å². The van der Waals surface area contributed by atoms with E-state index in [1.807, 2.05) is 0 Å². The van der Waals surface area contributed by atoms with Gasteiger partial charge in [0.1, 0.15) is 12.4 Å². The van der Waals surface area contributed by atoms with E-state index in [0.717, 1.165) is 12.8 Å². The molecule has 0 heterocycles. The summed E-state index contributed by atoms with van der Waals surface area (Å²) in [7, 11) is 0. The van der Waals surface area contributed by atoms with Gasteiger partial charge in [-0.05, 0) is 31.0 Å². The molecule has 0 aliphatic heterocycles. The standard InChI is InChI=1S/C12H13ClFNO2/c13-9-1-4-11(14)8(5-9)7-17-12(16)6-15-10-2-3-10/h1,4-5,10,15H,2-3,6-7H2. The van der Waals surface area contributed by atoms with Crippen LogP contribution in [0.1, 0.15) is 18.4 Å². The van der Waals surface area contributed by atoms with Gasteiger partial charge in [0.15, 0.2) is 0 Å². The molecule has 0 unspecified atom stereocenters. The molecule has 1 N–H and O–H groups in total. The molecule has 0 spiro atoms. The largest absolute Gasteiger partial charge is 0.460 e. The number of ether oxygens (including phenoxy) is 1. The molecule has 0 amide bonds. The van der Waals surface area contributed by atoms with Crippen molar-refractivity contribution in [3.63, 3.8) is 0 Å². The minimum atomic E-state index is -0.419. The average Bonchev–Trinajstić information content (AvgIpc) is 3.11. The topological polar surface area (TPSA) is 38.3 Å². The molecule has 92 valence electrons. The third-order valence-corrected chi connectivity index (χ3v) is 2.74. The van der Waals surface area contributed by atoms with Crippen molar-refractivity contribution in [3.8, 4) is 0 Å². The molecule has 0 bridgehead atoms. The minimum absolute atomic E-state index is 0.0857. The fourth-order valence-corrected chi connectivity index (χ4v) is 1.57. The summed E-state index contributed by atoms with van der Waals surface area (Å²) >= 11 is 5.72. The number of carbonyl (C=O) groups is 1. The quantitative estimate of drug-likeness (QED) is 0.823. The number of halogens is 2. The Bertz CT molecular complexity index is 421. The Morgan fingerprint density at radius 1 is 1.53 bits per heavy atom. The molecule has 0 aromatic heterocycles. The Hall–Kier alpha value is -1.13. The SMILES string of the molecule is O=C(CNC1CC1)OCc1cc(Cl)ccc1F. The lowest BCUT2D eigenvalue weighted by Gasteiger charge is -2.06. The fraction of sp³-hybridized carbons (Fsp3) is 0.417. The van der Waals surface area contributed by atoms with E-state index in [2.05, 4.69) is 5.32 Å². The Morgan fingerprint density at radius 3 is 3.00 bits per heavy atom. The van der Waals surface area contributed by atoms with Crippen molar-refractivity contribution >= 4 is 17.6 Å². The number of hydrogen-bond acceptors (Lipinski definition) is 3. The van der Waals surface area contributed by atoms with Gasteiger partial charge in [0, 0.05) is 16.6 Å². The number of rotatable bonds is 5. The van der Waals surface area contributed by atoms with E-state index in [4.69, 9.17) is 16.3 Å². The molecule has 1 aliphatic rings. The van der Waals surface area contributed by atoms with E-state index < -0.39 is 5.82 Å². The van der Waals surface area contributed by atoms with Gasteiger partial charge in [-0.3, -0.25) is 4.79 Å². The van der Waals surface area contributed by atoms with Crippen molar-refractivity contribution in [2.24, 2.45) is 0 Å². The molecular weight excluding hydrogens is 245 g/mol. The van der Waals surface area contributed by atoms with Gasteiger partial charge in [0.2, 0.25) is 0 Å².